The molecule has 0 aromatic heterocycles. The van der Waals surface area contributed by atoms with Crippen molar-refractivity contribution >= 4 is 39.7 Å². The molecule has 0 radical (unpaired) electrons. The third-order valence-electron chi connectivity index (χ3n) is 4.79. The van der Waals surface area contributed by atoms with E-state index in [1.807, 2.05) is 36.4 Å². The fourth-order valence-corrected chi connectivity index (χ4v) is 3.72. The Morgan fingerprint density at radius 2 is 1.60 bits per heavy atom. The highest BCUT2D eigenvalue weighted by Gasteiger charge is 2.11. The summed E-state index contributed by atoms with van der Waals surface area (Å²) in [5.41, 5.74) is 2.52. The fourth-order valence-electron chi connectivity index (χ4n) is 3.23. The Morgan fingerprint density at radius 3 is 2.33 bits per heavy atom. The maximum atomic E-state index is 13.1. The molecular weight excluding hydrogens is 424 g/mol. The summed E-state index contributed by atoms with van der Waals surface area (Å²) >= 11 is 12.1. The number of phenols is 1. The number of nitrogens with one attached hydrogen (secondary N) is 1. The Hall–Kier alpha value is -2.95. The molecule has 0 saturated heterocycles. The summed E-state index contributed by atoms with van der Waals surface area (Å²) in [6, 6.07) is 21.4. The van der Waals surface area contributed by atoms with Crippen molar-refractivity contribution in [2.24, 2.45) is 0 Å². The quantitative estimate of drug-likeness (QED) is 0.311. The molecule has 0 spiro atoms. The van der Waals surface area contributed by atoms with E-state index in [-0.39, 0.29) is 21.6 Å². The van der Waals surface area contributed by atoms with E-state index in [2.05, 4.69) is 5.32 Å². The van der Waals surface area contributed by atoms with Crippen molar-refractivity contribution in [3.63, 3.8) is 0 Å². The predicted molar refractivity (Wildman–Crippen MR) is 120 cm³/mol. The first-order chi connectivity index (χ1) is 14.5. The van der Waals surface area contributed by atoms with E-state index in [1.165, 1.54) is 12.1 Å². The molecule has 0 atom stereocenters. The molecule has 0 amide bonds. The second-order valence-corrected chi connectivity index (χ2v) is 7.63. The number of aromatic hydroxyl groups is 1. The molecule has 3 nitrogen and oxygen atoms in total. The van der Waals surface area contributed by atoms with Crippen LogP contribution in [0.25, 0.3) is 10.8 Å². The average molecular weight is 442 g/mol. The summed E-state index contributed by atoms with van der Waals surface area (Å²) in [4.78, 5) is 0. The zero-order valence-corrected chi connectivity index (χ0v) is 17.3. The van der Waals surface area contributed by atoms with Crippen LogP contribution in [-0.2, 0) is 13.2 Å². The number of hydrogen-bond acceptors (Lipinski definition) is 3. The molecule has 0 saturated carbocycles. The third-order valence-corrected chi connectivity index (χ3v) is 5.37. The minimum Gasteiger partial charge on any atom is -0.505 e. The van der Waals surface area contributed by atoms with Crippen molar-refractivity contribution in [3.8, 4) is 11.5 Å². The lowest BCUT2D eigenvalue weighted by atomic mass is 10.0. The van der Waals surface area contributed by atoms with Crippen LogP contribution in [0.15, 0.2) is 72.8 Å². The van der Waals surface area contributed by atoms with E-state index in [0.717, 1.165) is 27.6 Å². The number of phenolic OH excluding ortho intramolecular Hbond substituents is 1. The molecule has 0 fully saturated rings. The lowest BCUT2D eigenvalue weighted by Crippen LogP contribution is -2.05. The number of halogens is 3. The van der Waals surface area contributed by atoms with Gasteiger partial charge in [-0.1, -0.05) is 65.7 Å². The lowest BCUT2D eigenvalue weighted by Gasteiger charge is -2.16. The lowest BCUT2D eigenvalue weighted by molar-refractivity contribution is 0.303. The van der Waals surface area contributed by atoms with Crippen LogP contribution < -0.4 is 10.1 Å². The molecule has 0 aliphatic rings. The smallest absolute Gasteiger partial charge is 0.152 e. The normalized spacial score (nSPS) is 10.9. The summed E-state index contributed by atoms with van der Waals surface area (Å²) in [5, 5.41) is 15.6. The van der Waals surface area contributed by atoms with Gasteiger partial charge in [0.05, 0.1) is 10.0 Å². The Labute approximate surface area is 183 Å². The van der Waals surface area contributed by atoms with Crippen LogP contribution in [0.1, 0.15) is 11.1 Å². The Kier molecular flexibility index (Phi) is 5.98. The molecule has 4 rings (SSSR count). The monoisotopic (exact) mass is 441 g/mol. The molecule has 4 aromatic carbocycles. The third kappa shape index (κ3) is 4.45. The van der Waals surface area contributed by atoms with Crippen LogP contribution in [0.4, 0.5) is 10.1 Å². The van der Waals surface area contributed by atoms with Crippen LogP contribution in [0.2, 0.25) is 10.0 Å². The molecule has 152 valence electrons. The molecular formula is C24H18Cl2FNO2. The first-order valence-corrected chi connectivity index (χ1v) is 10.1. The number of ether oxygens (including phenoxy) is 1. The Bertz CT molecular complexity index is 1170. The second kappa shape index (κ2) is 8.82. The minimum absolute atomic E-state index is 0.141. The molecule has 0 unspecified atom stereocenters. The molecule has 0 bridgehead atoms. The van der Waals surface area contributed by atoms with Crippen molar-refractivity contribution in [2.45, 2.75) is 13.2 Å². The van der Waals surface area contributed by atoms with Crippen molar-refractivity contribution in [2.75, 3.05) is 5.32 Å². The Morgan fingerprint density at radius 1 is 0.900 bits per heavy atom. The van der Waals surface area contributed by atoms with Gasteiger partial charge in [0.15, 0.2) is 5.75 Å². The summed E-state index contributed by atoms with van der Waals surface area (Å²) in [5.74, 6) is 0.305. The van der Waals surface area contributed by atoms with Crippen molar-refractivity contribution < 1.29 is 14.2 Å². The highest BCUT2D eigenvalue weighted by molar-refractivity contribution is 6.37. The zero-order valence-electron chi connectivity index (χ0n) is 15.8. The summed E-state index contributed by atoms with van der Waals surface area (Å²) in [6.07, 6.45) is 0. The van der Waals surface area contributed by atoms with Gasteiger partial charge in [0, 0.05) is 17.8 Å². The highest BCUT2D eigenvalue weighted by atomic mass is 35.5. The number of rotatable bonds is 6. The molecule has 6 heteroatoms. The molecule has 0 aliphatic heterocycles. The number of fused-ring (bicyclic) bond motifs is 1. The molecule has 0 aliphatic carbocycles. The van der Waals surface area contributed by atoms with Crippen LogP contribution in [0, 0.1) is 5.82 Å². The minimum atomic E-state index is -0.277. The summed E-state index contributed by atoms with van der Waals surface area (Å²) in [7, 11) is 0. The van der Waals surface area contributed by atoms with Gasteiger partial charge in [0.2, 0.25) is 0 Å². The van der Waals surface area contributed by atoms with Gasteiger partial charge in [-0.3, -0.25) is 0 Å². The average Bonchev–Trinajstić information content (AvgIpc) is 2.75. The van der Waals surface area contributed by atoms with E-state index in [9.17, 15) is 9.50 Å². The van der Waals surface area contributed by atoms with Gasteiger partial charge in [0.1, 0.15) is 18.2 Å². The van der Waals surface area contributed by atoms with E-state index >= 15 is 0 Å². The van der Waals surface area contributed by atoms with Crippen molar-refractivity contribution in [3.05, 3.63) is 99.8 Å². The van der Waals surface area contributed by atoms with Crippen molar-refractivity contribution in [1.29, 1.82) is 0 Å². The molecule has 4 aromatic rings. The Balaban J connectivity index is 1.62. The maximum Gasteiger partial charge on any atom is 0.152 e. The van der Waals surface area contributed by atoms with Gasteiger partial charge in [-0.25, -0.2) is 4.39 Å². The molecule has 2 N–H and O–H groups in total. The zero-order chi connectivity index (χ0) is 21.1. The van der Waals surface area contributed by atoms with Crippen LogP contribution in [0.5, 0.6) is 11.5 Å². The topological polar surface area (TPSA) is 41.5 Å². The number of hydrogen-bond donors (Lipinski definition) is 2. The van der Waals surface area contributed by atoms with E-state index in [0.29, 0.717) is 18.8 Å². The van der Waals surface area contributed by atoms with Crippen LogP contribution in [-0.4, -0.2) is 5.11 Å². The van der Waals surface area contributed by atoms with E-state index < -0.39 is 0 Å². The fraction of sp³-hybridized carbons (Fsp3) is 0.0833. The van der Waals surface area contributed by atoms with Gasteiger partial charge in [-0.15, -0.1) is 0 Å². The van der Waals surface area contributed by atoms with Gasteiger partial charge < -0.3 is 15.2 Å². The van der Waals surface area contributed by atoms with E-state index in [4.69, 9.17) is 27.9 Å². The van der Waals surface area contributed by atoms with E-state index in [1.54, 1.807) is 24.3 Å². The number of benzene rings is 4. The highest BCUT2D eigenvalue weighted by Crippen LogP contribution is 2.35. The van der Waals surface area contributed by atoms with Gasteiger partial charge in [-0.05, 0) is 46.7 Å². The molecule has 0 heterocycles. The van der Waals surface area contributed by atoms with Gasteiger partial charge in [-0.2, -0.15) is 0 Å². The summed E-state index contributed by atoms with van der Waals surface area (Å²) < 4.78 is 19.2. The summed E-state index contributed by atoms with van der Waals surface area (Å²) in [6.45, 7) is 0.778. The first-order valence-electron chi connectivity index (χ1n) is 9.31. The number of anilines is 1. The first kappa shape index (κ1) is 20.3. The SMILES string of the molecule is Oc1c(Cl)cc(NCc2c(OCc3ccc(F)cc3)ccc3ccccc23)cc1Cl. The maximum absolute atomic E-state index is 13.1. The van der Waals surface area contributed by atoms with Crippen LogP contribution in [0.3, 0.4) is 0 Å². The van der Waals surface area contributed by atoms with Crippen LogP contribution >= 0.6 is 23.2 Å². The molecule has 30 heavy (non-hydrogen) atoms. The second-order valence-electron chi connectivity index (χ2n) is 6.82. The predicted octanol–water partition coefficient (Wildman–Crippen LogP) is 7.18. The van der Waals surface area contributed by atoms with Crippen molar-refractivity contribution in [1.82, 2.24) is 0 Å². The standard InChI is InChI=1S/C24H18Cl2FNO2/c25-21-11-18(12-22(26)24(21)29)28-13-20-19-4-2-1-3-16(19)7-10-23(20)30-14-15-5-8-17(27)9-6-15/h1-12,28-29H,13-14H2. The van der Waals surface area contributed by atoms with Gasteiger partial charge in [0.25, 0.3) is 0 Å². The van der Waals surface area contributed by atoms with Gasteiger partial charge >= 0.3 is 0 Å². The largest absolute Gasteiger partial charge is 0.505 e.